The summed E-state index contributed by atoms with van der Waals surface area (Å²) in [5.41, 5.74) is 7.93. The molecule has 2 aromatic heterocycles. The minimum absolute atomic E-state index is 0.435. The van der Waals surface area contributed by atoms with Crippen molar-refractivity contribution in [1.29, 1.82) is 0 Å². The molecule has 3 aromatic rings. The van der Waals surface area contributed by atoms with Gasteiger partial charge in [-0.2, -0.15) is 0 Å². The van der Waals surface area contributed by atoms with Gasteiger partial charge in [-0.25, -0.2) is 4.98 Å². The number of hydrogen-bond acceptors (Lipinski definition) is 6. The van der Waals surface area contributed by atoms with Crippen LogP contribution >= 0.6 is 11.3 Å². The van der Waals surface area contributed by atoms with Crippen molar-refractivity contribution in [3.8, 4) is 10.7 Å². The topological polar surface area (TPSA) is 77.6 Å². The Labute approximate surface area is 95.0 Å². The molecular formula is C10H7N5S. The molecule has 3 rings (SSSR count). The van der Waals surface area contributed by atoms with E-state index in [0.717, 1.165) is 11.0 Å². The highest BCUT2D eigenvalue weighted by Crippen LogP contribution is 2.23. The standard InChI is InChI=1S/C10H7N5S/c11-10-15-14-9(16-10)8-5-12-6-3-1-2-4-7(6)13-8/h1-5H,(H2,11,15). The van der Waals surface area contributed by atoms with E-state index in [0.29, 0.717) is 15.8 Å². The smallest absolute Gasteiger partial charge is 0.203 e. The third kappa shape index (κ3) is 1.49. The molecule has 0 radical (unpaired) electrons. The van der Waals surface area contributed by atoms with Crippen LogP contribution in [-0.4, -0.2) is 20.2 Å². The van der Waals surface area contributed by atoms with Crippen LogP contribution in [0, 0.1) is 0 Å². The molecule has 2 N–H and O–H groups in total. The van der Waals surface area contributed by atoms with Gasteiger partial charge in [0, 0.05) is 0 Å². The maximum Gasteiger partial charge on any atom is 0.203 e. The van der Waals surface area contributed by atoms with Gasteiger partial charge in [-0.3, -0.25) is 4.98 Å². The van der Waals surface area contributed by atoms with Gasteiger partial charge in [0.2, 0.25) is 5.13 Å². The maximum atomic E-state index is 5.53. The van der Waals surface area contributed by atoms with Crippen molar-refractivity contribution in [3.63, 3.8) is 0 Å². The molecule has 78 valence electrons. The molecule has 0 aliphatic rings. The van der Waals surface area contributed by atoms with E-state index < -0.39 is 0 Å². The van der Waals surface area contributed by atoms with Gasteiger partial charge in [-0.15, -0.1) is 10.2 Å². The van der Waals surface area contributed by atoms with Gasteiger partial charge >= 0.3 is 0 Å². The SMILES string of the molecule is Nc1nnc(-c2cnc3ccccc3n2)s1. The second kappa shape index (κ2) is 3.49. The van der Waals surface area contributed by atoms with Crippen molar-refractivity contribution in [3.05, 3.63) is 30.5 Å². The lowest BCUT2D eigenvalue weighted by Crippen LogP contribution is -1.87. The first-order valence-corrected chi connectivity index (χ1v) is 5.46. The van der Waals surface area contributed by atoms with Crippen molar-refractivity contribution in [1.82, 2.24) is 20.2 Å². The Morgan fingerprint density at radius 1 is 1.06 bits per heavy atom. The van der Waals surface area contributed by atoms with Gasteiger partial charge in [0.25, 0.3) is 0 Å². The highest BCUT2D eigenvalue weighted by atomic mass is 32.1. The molecule has 0 amide bonds. The van der Waals surface area contributed by atoms with Crippen molar-refractivity contribution in [2.24, 2.45) is 0 Å². The van der Waals surface area contributed by atoms with E-state index >= 15 is 0 Å². The van der Waals surface area contributed by atoms with Gasteiger partial charge in [-0.05, 0) is 12.1 Å². The summed E-state index contributed by atoms with van der Waals surface area (Å²) in [7, 11) is 0. The Bertz CT molecular complexity index is 648. The fraction of sp³-hybridized carbons (Fsp3) is 0. The van der Waals surface area contributed by atoms with Gasteiger partial charge in [-0.1, -0.05) is 23.5 Å². The molecule has 0 atom stereocenters. The average Bonchev–Trinajstić information content (AvgIpc) is 2.75. The lowest BCUT2D eigenvalue weighted by atomic mass is 10.3. The molecule has 16 heavy (non-hydrogen) atoms. The fourth-order valence-electron chi connectivity index (χ4n) is 1.40. The normalized spacial score (nSPS) is 10.8. The lowest BCUT2D eigenvalue weighted by molar-refractivity contribution is 1.09. The zero-order chi connectivity index (χ0) is 11.0. The summed E-state index contributed by atoms with van der Waals surface area (Å²) in [5, 5.41) is 8.81. The number of benzene rings is 1. The molecule has 0 saturated carbocycles. The highest BCUT2D eigenvalue weighted by Gasteiger charge is 2.07. The van der Waals surface area contributed by atoms with E-state index in [-0.39, 0.29) is 0 Å². The molecule has 1 aromatic carbocycles. The molecule has 0 aliphatic heterocycles. The molecule has 5 nitrogen and oxygen atoms in total. The van der Waals surface area contributed by atoms with Gasteiger partial charge in [0.15, 0.2) is 5.01 Å². The Hall–Kier alpha value is -2.08. The van der Waals surface area contributed by atoms with Crippen LogP contribution in [0.25, 0.3) is 21.7 Å². The average molecular weight is 229 g/mol. The number of nitrogen functional groups attached to an aromatic ring is 1. The fourth-order valence-corrected chi connectivity index (χ4v) is 1.96. The largest absolute Gasteiger partial charge is 0.374 e. The van der Waals surface area contributed by atoms with E-state index in [9.17, 15) is 0 Å². The van der Waals surface area contributed by atoms with Crippen molar-refractivity contribution in [2.75, 3.05) is 5.73 Å². The molecule has 6 heteroatoms. The predicted octanol–water partition coefficient (Wildman–Crippen LogP) is 1.73. The lowest BCUT2D eigenvalue weighted by Gasteiger charge is -1.97. The summed E-state index contributed by atoms with van der Waals surface area (Å²) in [6.45, 7) is 0. The zero-order valence-electron chi connectivity index (χ0n) is 8.16. The van der Waals surface area contributed by atoms with Crippen LogP contribution in [0.3, 0.4) is 0 Å². The monoisotopic (exact) mass is 229 g/mol. The van der Waals surface area contributed by atoms with Gasteiger partial charge in [0.1, 0.15) is 5.69 Å². The van der Waals surface area contributed by atoms with Crippen molar-refractivity contribution >= 4 is 27.5 Å². The second-order valence-corrected chi connectivity index (χ2v) is 4.20. The summed E-state index contributed by atoms with van der Waals surface area (Å²) in [6.07, 6.45) is 1.68. The highest BCUT2D eigenvalue weighted by molar-refractivity contribution is 7.18. The van der Waals surface area contributed by atoms with Crippen molar-refractivity contribution in [2.45, 2.75) is 0 Å². The Kier molecular flexibility index (Phi) is 2.00. The zero-order valence-corrected chi connectivity index (χ0v) is 8.98. The third-order valence-electron chi connectivity index (χ3n) is 2.11. The number of hydrogen-bond donors (Lipinski definition) is 1. The van der Waals surface area contributed by atoms with Crippen molar-refractivity contribution < 1.29 is 0 Å². The summed E-state index contributed by atoms with van der Waals surface area (Å²) in [4.78, 5) is 8.75. The Balaban J connectivity index is 2.18. The first kappa shape index (κ1) is 9.17. The van der Waals surface area contributed by atoms with Crippen LogP contribution in [-0.2, 0) is 0 Å². The van der Waals surface area contributed by atoms with E-state index in [4.69, 9.17) is 5.73 Å². The molecule has 0 spiro atoms. The molecule has 2 heterocycles. The quantitative estimate of drug-likeness (QED) is 0.687. The Morgan fingerprint density at radius 2 is 1.88 bits per heavy atom. The number of rotatable bonds is 1. The number of fused-ring (bicyclic) bond motifs is 1. The van der Waals surface area contributed by atoms with E-state index in [2.05, 4.69) is 20.2 Å². The van der Waals surface area contributed by atoms with Crippen LogP contribution in [0.4, 0.5) is 5.13 Å². The molecule has 0 unspecified atom stereocenters. The number of aromatic nitrogens is 4. The van der Waals surface area contributed by atoms with Crippen LogP contribution in [0.2, 0.25) is 0 Å². The number of anilines is 1. The van der Waals surface area contributed by atoms with Gasteiger partial charge in [0.05, 0.1) is 17.2 Å². The minimum Gasteiger partial charge on any atom is -0.374 e. The molecule has 0 saturated heterocycles. The third-order valence-corrected chi connectivity index (χ3v) is 2.88. The molecule has 0 aliphatic carbocycles. The summed E-state index contributed by atoms with van der Waals surface area (Å²) >= 11 is 1.30. The molecule has 0 fully saturated rings. The van der Waals surface area contributed by atoms with E-state index in [1.807, 2.05) is 24.3 Å². The van der Waals surface area contributed by atoms with Gasteiger partial charge < -0.3 is 5.73 Å². The van der Waals surface area contributed by atoms with Crippen LogP contribution in [0.15, 0.2) is 30.5 Å². The second-order valence-electron chi connectivity index (χ2n) is 3.19. The number of nitrogens with two attached hydrogens (primary N) is 1. The summed E-state index contributed by atoms with van der Waals surface area (Å²) in [6, 6.07) is 7.69. The maximum absolute atomic E-state index is 5.53. The van der Waals surface area contributed by atoms with Crippen LogP contribution in [0.1, 0.15) is 0 Å². The molecular weight excluding hydrogens is 222 g/mol. The van der Waals surface area contributed by atoms with Crippen LogP contribution < -0.4 is 5.73 Å². The number of para-hydroxylation sites is 2. The molecule has 0 bridgehead atoms. The summed E-state index contributed by atoms with van der Waals surface area (Å²) < 4.78 is 0. The minimum atomic E-state index is 0.435. The first-order valence-electron chi connectivity index (χ1n) is 4.64. The Morgan fingerprint density at radius 3 is 2.62 bits per heavy atom. The predicted molar refractivity (Wildman–Crippen MR) is 62.9 cm³/mol. The van der Waals surface area contributed by atoms with Crippen LogP contribution in [0.5, 0.6) is 0 Å². The summed E-state index contributed by atoms with van der Waals surface area (Å²) in [5.74, 6) is 0. The van der Waals surface area contributed by atoms with E-state index in [1.54, 1.807) is 6.20 Å². The first-order chi connectivity index (χ1) is 7.83. The van der Waals surface area contributed by atoms with E-state index in [1.165, 1.54) is 11.3 Å². The number of nitrogens with zero attached hydrogens (tertiary/aromatic N) is 4.